The quantitative estimate of drug-likeness (QED) is 0.143. The summed E-state index contributed by atoms with van der Waals surface area (Å²) >= 11 is 0. The molecule has 0 aliphatic heterocycles. The zero-order chi connectivity index (χ0) is 25.8. The molecule has 0 aromatic rings. The lowest BCUT2D eigenvalue weighted by molar-refractivity contribution is -0.312. The smallest absolute Gasteiger partial charge is 0.434 e. The molecule has 0 fully saturated rings. The maximum Gasteiger partial charge on any atom is 0.434 e. The van der Waals surface area contributed by atoms with E-state index >= 15 is 0 Å². The van der Waals surface area contributed by atoms with Crippen molar-refractivity contribution in [2.75, 3.05) is 0 Å². The van der Waals surface area contributed by atoms with Gasteiger partial charge in [0.15, 0.2) is 8.32 Å². The third-order valence-electron chi connectivity index (χ3n) is 4.68. The number of alkyl halides is 6. The van der Waals surface area contributed by atoms with Gasteiger partial charge >= 0.3 is 24.3 Å². The van der Waals surface area contributed by atoms with Crippen molar-refractivity contribution in [2.45, 2.75) is 71.2 Å². The van der Waals surface area contributed by atoms with Crippen LogP contribution in [0.4, 0.5) is 26.3 Å². The average Bonchev–Trinajstić information content (AvgIpc) is 2.54. The van der Waals surface area contributed by atoms with Crippen molar-refractivity contribution in [3.63, 3.8) is 0 Å². The molecule has 0 heterocycles. The average molecular weight is 529 g/mol. The first-order valence-corrected chi connectivity index (χ1v) is 15.0. The zero-order valence-corrected chi connectivity index (χ0v) is 23.6. The summed E-state index contributed by atoms with van der Waals surface area (Å²) in [6, 6.07) is 0. The molecule has 0 aromatic heterocycles. The van der Waals surface area contributed by atoms with E-state index in [1.807, 2.05) is 33.5 Å². The monoisotopic (exact) mass is 528 g/mol. The third kappa shape index (κ3) is 8.99. The summed E-state index contributed by atoms with van der Waals surface area (Å²) in [5.41, 5.74) is -2.23. The lowest BCUT2D eigenvalue weighted by Gasteiger charge is -2.49. The minimum absolute atomic E-state index is 0.0655. The molecule has 0 saturated carbocycles. The van der Waals surface area contributed by atoms with E-state index in [-0.39, 0.29) is 12.0 Å². The topological polar surface area (TPSA) is 71.1 Å². The molecule has 6 nitrogen and oxygen atoms in total. The predicted molar refractivity (Wildman–Crippen MR) is 113 cm³/mol. The fourth-order valence-corrected chi connectivity index (χ4v) is 7.79. The molecule has 1 unspecified atom stereocenters. The Morgan fingerprint density at radius 3 is 1.72 bits per heavy atom. The van der Waals surface area contributed by atoms with Gasteiger partial charge in [0.05, 0.1) is 0 Å². The van der Waals surface area contributed by atoms with E-state index in [4.69, 9.17) is 13.3 Å². The molecule has 188 valence electrons. The molecule has 0 spiro atoms. The predicted octanol–water partition coefficient (Wildman–Crippen LogP) is 2.69. The molecule has 0 aromatic carbocycles. The van der Waals surface area contributed by atoms with Gasteiger partial charge in [0, 0.05) is 17.6 Å². The molecule has 0 saturated heterocycles. The van der Waals surface area contributed by atoms with Crippen molar-refractivity contribution in [3.05, 3.63) is 12.2 Å². The molecule has 0 rings (SSSR count). The van der Waals surface area contributed by atoms with Crippen LogP contribution in [0.25, 0.3) is 0 Å². The van der Waals surface area contributed by atoms with E-state index in [0.717, 1.165) is 0 Å². The standard InChI is InChI=1S/C17H30F6O6Si3/c1-10(2)14(3,4)17(31-29-30,28-32(5,6)7)27-12(25)9-8-11(24)26-13(15(18,19)20)16(21,22)23/h8-10,13H,31H2,1-7,30H3. The van der Waals surface area contributed by atoms with Crippen LogP contribution in [0.15, 0.2) is 12.2 Å². The van der Waals surface area contributed by atoms with Crippen LogP contribution in [0.2, 0.25) is 19.6 Å². The number of hydrogen-bond donors (Lipinski definition) is 0. The Morgan fingerprint density at radius 1 is 0.938 bits per heavy atom. The number of halogens is 6. The summed E-state index contributed by atoms with van der Waals surface area (Å²) in [6.45, 7) is 12.9. The highest BCUT2D eigenvalue weighted by atomic mass is 28.4. The van der Waals surface area contributed by atoms with Gasteiger partial charge in [-0.05, 0) is 25.6 Å². The Kier molecular flexibility index (Phi) is 10.4. The lowest BCUT2D eigenvalue weighted by Crippen LogP contribution is -2.61. The molecule has 0 bridgehead atoms. The first-order chi connectivity index (χ1) is 14.1. The van der Waals surface area contributed by atoms with E-state index < -0.39 is 59.3 Å². The van der Waals surface area contributed by atoms with Gasteiger partial charge in [0.2, 0.25) is 15.2 Å². The summed E-state index contributed by atoms with van der Waals surface area (Å²) in [7, 11) is -3.65. The van der Waals surface area contributed by atoms with Gasteiger partial charge in [0.1, 0.15) is 10.5 Å². The Hall–Kier alpha value is -1.17. The summed E-state index contributed by atoms with van der Waals surface area (Å²) < 4.78 is 95.8. The molecule has 0 N–H and O–H groups in total. The summed E-state index contributed by atoms with van der Waals surface area (Å²) in [4.78, 5) is 23.9. The number of ether oxygens (including phenoxy) is 2. The highest BCUT2D eigenvalue weighted by Gasteiger charge is 2.60. The van der Waals surface area contributed by atoms with Crippen molar-refractivity contribution >= 4 is 40.5 Å². The van der Waals surface area contributed by atoms with Gasteiger partial charge in [-0.1, -0.05) is 27.7 Å². The van der Waals surface area contributed by atoms with Gasteiger partial charge in [-0.2, -0.15) is 26.3 Å². The summed E-state index contributed by atoms with van der Waals surface area (Å²) in [6.07, 6.45) is -15.5. The minimum atomic E-state index is -5.86. The third-order valence-corrected chi connectivity index (χ3v) is 8.65. The molecule has 0 aliphatic carbocycles. The van der Waals surface area contributed by atoms with E-state index in [2.05, 4.69) is 4.74 Å². The summed E-state index contributed by atoms with van der Waals surface area (Å²) in [5.74, 6) is -3.25. The van der Waals surface area contributed by atoms with Gasteiger partial charge in [0.25, 0.3) is 6.10 Å². The number of rotatable bonds is 10. The van der Waals surface area contributed by atoms with Crippen LogP contribution in [0.5, 0.6) is 0 Å². The first kappa shape index (κ1) is 30.8. The first-order valence-electron chi connectivity index (χ1n) is 9.53. The van der Waals surface area contributed by atoms with E-state index in [1.54, 1.807) is 13.8 Å². The van der Waals surface area contributed by atoms with Crippen LogP contribution >= 0.6 is 0 Å². The number of esters is 2. The van der Waals surface area contributed by atoms with Crippen molar-refractivity contribution in [2.24, 2.45) is 11.3 Å². The second-order valence-corrected chi connectivity index (χ2v) is 16.9. The fraction of sp³-hybridized carbons (Fsp3) is 0.765. The SMILES string of the molecule is CC(C)C(C)(C)C(OC(=O)C=CC(=O)OC(C(F)(F)F)C(F)(F)F)(O[Si](C)(C)C)[SiH2]O[SiH3]. The van der Waals surface area contributed by atoms with Crippen LogP contribution in [-0.2, 0) is 27.6 Å². The Labute approximate surface area is 189 Å². The van der Waals surface area contributed by atoms with E-state index in [9.17, 15) is 35.9 Å². The molecule has 32 heavy (non-hydrogen) atoms. The van der Waals surface area contributed by atoms with Gasteiger partial charge in [-0.15, -0.1) is 0 Å². The second-order valence-electron chi connectivity index (χ2n) is 8.93. The number of carbonyl (C=O) groups is 2. The minimum Gasteiger partial charge on any atom is -0.463 e. The van der Waals surface area contributed by atoms with Crippen molar-refractivity contribution in [1.29, 1.82) is 0 Å². The molecule has 15 heteroatoms. The second kappa shape index (κ2) is 10.8. The summed E-state index contributed by atoms with van der Waals surface area (Å²) in [5, 5.41) is 0. The van der Waals surface area contributed by atoms with Gasteiger partial charge in [-0.3, -0.25) is 0 Å². The van der Waals surface area contributed by atoms with Gasteiger partial charge < -0.3 is 18.0 Å². The highest BCUT2D eigenvalue weighted by Crippen LogP contribution is 2.43. The fourth-order valence-electron chi connectivity index (χ4n) is 2.46. The molecular weight excluding hydrogens is 498 g/mol. The van der Waals surface area contributed by atoms with Crippen molar-refractivity contribution < 1.29 is 53.9 Å². The van der Waals surface area contributed by atoms with E-state index in [1.165, 1.54) is 0 Å². The lowest BCUT2D eigenvalue weighted by atomic mass is 9.80. The number of hydrogen-bond acceptors (Lipinski definition) is 6. The molecular formula is C17H30F6O6Si3. The van der Waals surface area contributed by atoms with Crippen LogP contribution < -0.4 is 0 Å². The maximum absolute atomic E-state index is 12.5. The molecule has 1 atom stereocenters. The maximum atomic E-state index is 12.5. The van der Waals surface area contributed by atoms with Crippen molar-refractivity contribution in [3.8, 4) is 0 Å². The zero-order valence-electron chi connectivity index (χ0n) is 19.2. The Bertz CT molecular complexity index is 674. The normalized spacial score (nSPS) is 16.3. The Balaban J connectivity index is 5.80. The van der Waals surface area contributed by atoms with Crippen LogP contribution in [-0.4, -0.2) is 64.4 Å². The largest absolute Gasteiger partial charge is 0.463 e. The van der Waals surface area contributed by atoms with Gasteiger partial charge in [-0.25, -0.2) is 9.59 Å². The number of carbonyl (C=O) groups excluding carboxylic acids is 2. The molecule has 0 amide bonds. The van der Waals surface area contributed by atoms with Crippen LogP contribution in [0.3, 0.4) is 0 Å². The highest BCUT2D eigenvalue weighted by molar-refractivity contribution is 6.70. The van der Waals surface area contributed by atoms with Crippen LogP contribution in [0, 0.1) is 11.3 Å². The Morgan fingerprint density at radius 2 is 1.38 bits per heavy atom. The van der Waals surface area contributed by atoms with E-state index in [0.29, 0.717) is 16.6 Å². The molecule has 0 radical (unpaired) electrons. The van der Waals surface area contributed by atoms with Crippen molar-refractivity contribution in [1.82, 2.24) is 0 Å². The molecule has 0 aliphatic rings. The van der Waals surface area contributed by atoms with Crippen LogP contribution in [0.1, 0.15) is 27.7 Å².